The lowest BCUT2D eigenvalue weighted by molar-refractivity contribution is -0.124. The van der Waals surface area contributed by atoms with Crippen molar-refractivity contribution in [2.24, 2.45) is 0 Å². The van der Waals surface area contributed by atoms with Gasteiger partial charge in [-0.1, -0.05) is 6.92 Å². The van der Waals surface area contributed by atoms with Crippen LogP contribution in [-0.4, -0.2) is 49.3 Å². The van der Waals surface area contributed by atoms with Crippen molar-refractivity contribution in [1.29, 1.82) is 0 Å². The van der Waals surface area contributed by atoms with Gasteiger partial charge in [0.1, 0.15) is 0 Å². The number of hydrogen-bond donors (Lipinski definition) is 2. The highest BCUT2D eigenvalue weighted by atomic mass is 32.2. The molecule has 5 heteroatoms. The minimum atomic E-state index is 0.0415. The van der Waals surface area contributed by atoms with Crippen molar-refractivity contribution in [2.45, 2.75) is 32.4 Å². The summed E-state index contributed by atoms with van der Waals surface area (Å²) in [6.45, 7) is 6.55. The first kappa shape index (κ1) is 13.8. The second kappa shape index (κ2) is 7.92. The Morgan fingerprint density at radius 2 is 2.50 bits per heavy atom. The van der Waals surface area contributed by atoms with E-state index >= 15 is 0 Å². The molecule has 0 saturated carbocycles. The third-order valence-electron chi connectivity index (χ3n) is 2.40. The summed E-state index contributed by atoms with van der Waals surface area (Å²) < 4.78 is 5.48. The van der Waals surface area contributed by atoms with Crippen molar-refractivity contribution in [2.75, 3.05) is 31.2 Å². The van der Waals surface area contributed by atoms with Crippen LogP contribution < -0.4 is 10.6 Å². The Hall–Kier alpha value is -0.260. The van der Waals surface area contributed by atoms with Gasteiger partial charge in [-0.15, -0.1) is 0 Å². The first-order valence-corrected chi connectivity index (χ1v) is 7.07. The van der Waals surface area contributed by atoms with Crippen molar-refractivity contribution in [3.05, 3.63) is 0 Å². The molecular formula is C11H22N2O2S. The number of ether oxygens (including phenoxy) is 1. The summed E-state index contributed by atoms with van der Waals surface area (Å²) in [4.78, 5) is 11.7. The van der Waals surface area contributed by atoms with Gasteiger partial charge in [-0.2, -0.15) is 11.8 Å². The van der Waals surface area contributed by atoms with Crippen molar-refractivity contribution in [3.63, 3.8) is 0 Å². The Bertz CT molecular complexity index is 208. The largest absolute Gasteiger partial charge is 0.375 e. The summed E-state index contributed by atoms with van der Waals surface area (Å²) in [5.74, 6) is 2.17. The van der Waals surface area contributed by atoms with Crippen LogP contribution in [0.25, 0.3) is 0 Å². The van der Waals surface area contributed by atoms with Gasteiger partial charge in [-0.05, 0) is 12.7 Å². The third-order valence-corrected chi connectivity index (χ3v) is 3.54. The van der Waals surface area contributed by atoms with Crippen LogP contribution in [0.15, 0.2) is 0 Å². The van der Waals surface area contributed by atoms with Gasteiger partial charge in [-0.3, -0.25) is 4.79 Å². The maximum atomic E-state index is 11.7. The second-order valence-corrected chi connectivity index (χ2v) is 5.35. The summed E-state index contributed by atoms with van der Waals surface area (Å²) >= 11 is 1.85. The molecule has 0 aromatic heterocycles. The van der Waals surface area contributed by atoms with E-state index in [0.29, 0.717) is 13.0 Å². The van der Waals surface area contributed by atoms with E-state index in [9.17, 15) is 4.79 Å². The van der Waals surface area contributed by atoms with E-state index in [1.807, 2.05) is 18.7 Å². The van der Waals surface area contributed by atoms with Gasteiger partial charge in [0, 0.05) is 24.9 Å². The van der Waals surface area contributed by atoms with E-state index in [4.69, 9.17) is 4.74 Å². The fourth-order valence-electron chi connectivity index (χ4n) is 1.63. The molecule has 2 N–H and O–H groups in total. The smallest absolute Gasteiger partial charge is 0.222 e. The SMILES string of the molecule is CCSCC(C)NC(=O)CC1CNCCO1. The van der Waals surface area contributed by atoms with Gasteiger partial charge >= 0.3 is 0 Å². The van der Waals surface area contributed by atoms with Crippen LogP contribution in [0.1, 0.15) is 20.3 Å². The van der Waals surface area contributed by atoms with Crippen molar-refractivity contribution < 1.29 is 9.53 Å². The molecular weight excluding hydrogens is 224 g/mol. The Morgan fingerprint density at radius 3 is 3.12 bits per heavy atom. The first-order valence-electron chi connectivity index (χ1n) is 5.91. The van der Waals surface area contributed by atoms with Crippen LogP contribution in [0.3, 0.4) is 0 Å². The second-order valence-electron chi connectivity index (χ2n) is 4.03. The molecule has 0 aromatic rings. The Balaban J connectivity index is 2.13. The van der Waals surface area contributed by atoms with Crippen molar-refractivity contribution in [1.82, 2.24) is 10.6 Å². The number of morpholine rings is 1. The fraction of sp³-hybridized carbons (Fsp3) is 0.909. The Morgan fingerprint density at radius 1 is 1.69 bits per heavy atom. The van der Waals surface area contributed by atoms with Crippen LogP contribution in [0.2, 0.25) is 0 Å². The van der Waals surface area contributed by atoms with E-state index in [-0.39, 0.29) is 18.1 Å². The van der Waals surface area contributed by atoms with E-state index in [2.05, 4.69) is 17.6 Å². The number of carbonyl (C=O) groups is 1. The first-order chi connectivity index (χ1) is 7.72. The van der Waals surface area contributed by atoms with E-state index in [1.54, 1.807) is 0 Å². The summed E-state index contributed by atoms with van der Waals surface area (Å²) in [6, 6.07) is 0.244. The molecule has 2 unspecified atom stereocenters. The predicted octanol–water partition coefficient (Wildman–Crippen LogP) is 0.623. The lowest BCUT2D eigenvalue weighted by Gasteiger charge is -2.23. The quantitative estimate of drug-likeness (QED) is 0.721. The zero-order valence-corrected chi connectivity index (χ0v) is 10.9. The standard InChI is InChI=1S/C11H22N2O2S/c1-3-16-8-9(2)13-11(14)6-10-7-12-4-5-15-10/h9-10,12H,3-8H2,1-2H3,(H,13,14). The Kier molecular flexibility index (Phi) is 6.84. The van der Waals surface area contributed by atoms with Gasteiger partial charge < -0.3 is 15.4 Å². The average Bonchev–Trinajstić information content (AvgIpc) is 2.27. The molecule has 0 aliphatic carbocycles. The summed E-state index contributed by atoms with van der Waals surface area (Å²) in [7, 11) is 0. The summed E-state index contributed by atoms with van der Waals surface area (Å²) in [5.41, 5.74) is 0. The number of thioether (sulfide) groups is 1. The lowest BCUT2D eigenvalue weighted by atomic mass is 10.2. The minimum Gasteiger partial charge on any atom is -0.375 e. The molecule has 94 valence electrons. The van der Waals surface area contributed by atoms with Gasteiger partial charge in [0.2, 0.25) is 5.91 Å². The molecule has 1 amide bonds. The highest BCUT2D eigenvalue weighted by molar-refractivity contribution is 7.99. The van der Waals surface area contributed by atoms with Crippen molar-refractivity contribution >= 4 is 17.7 Å². The molecule has 0 bridgehead atoms. The number of amides is 1. The highest BCUT2D eigenvalue weighted by Gasteiger charge is 2.18. The molecule has 2 atom stereocenters. The molecule has 1 aliphatic rings. The number of nitrogens with one attached hydrogen (secondary N) is 2. The molecule has 0 radical (unpaired) electrons. The van der Waals surface area contributed by atoms with E-state index in [0.717, 1.165) is 24.6 Å². The van der Waals surface area contributed by atoms with Crippen LogP contribution in [0.5, 0.6) is 0 Å². The number of rotatable bonds is 6. The molecule has 1 fully saturated rings. The average molecular weight is 246 g/mol. The predicted molar refractivity (Wildman–Crippen MR) is 67.8 cm³/mol. The van der Waals surface area contributed by atoms with E-state index < -0.39 is 0 Å². The number of hydrogen-bond acceptors (Lipinski definition) is 4. The molecule has 4 nitrogen and oxygen atoms in total. The Labute approximate surface area is 102 Å². The summed E-state index contributed by atoms with van der Waals surface area (Å²) in [6.07, 6.45) is 0.508. The molecule has 0 spiro atoms. The van der Waals surface area contributed by atoms with Gasteiger partial charge in [-0.25, -0.2) is 0 Å². The van der Waals surface area contributed by atoms with E-state index in [1.165, 1.54) is 0 Å². The maximum absolute atomic E-state index is 11.7. The zero-order valence-electron chi connectivity index (χ0n) is 10.1. The van der Waals surface area contributed by atoms with Crippen molar-refractivity contribution in [3.8, 4) is 0 Å². The monoisotopic (exact) mass is 246 g/mol. The van der Waals surface area contributed by atoms with Gasteiger partial charge in [0.25, 0.3) is 0 Å². The van der Waals surface area contributed by atoms with Crippen LogP contribution in [0, 0.1) is 0 Å². The zero-order chi connectivity index (χ0) is 11.8. The molecule has 1 heterocycles. The molecule has 16 heavy (non-hydrogen) atoms. The number of carbonyl (C=O) groups excluding carboxylic acids is 1. The van der Waals surface area contributed by atoms with Gasteiger partial charge in [0.05, 0.1) is 19.1 Å². The fourth-order valence-corrected chi connectivity index (χ4v) is 2.30. The summed E-state index contributed by atoms with van der Waals surface area (Å²) in [5, 5.41) is 6.21. The normalized spacial score (nSPS) is 22.8. The van der Waals surface area contributed by atoms with Crippen LogP contribution in [-0.2, 0) is 9.53 Å². The molecule has 1 aliphatic heterocycles. The van der Waals surface area contributed by atoms with Gasteiger partial charge in [0.15, 0.2) is 0 Å². The molecule has 0 aromatic carbocycles. The maximum Gasteiger partial charge on any atom is 0.222 e. The topological polar surface area (TPSA) is 50.4 Å². The molecule has 1 saturated heterocycles. The highest BCUT2D eigenvalue weighted by Crippen LogP contribution is 2.04. The third kappa shape index (κ3) is 5.72. The molecule has 1 rings (SSSR count). The van der Waals surface area contributed by atoms with Crippen LogP contribution >= 0.6 is 11.8 Å². The lowest BCUT2D eigenvalue weighted by Crippen LogP contribution is -2.43. The van der Waals surface area contributed by atoms with Crippen LogP contribution in [0.4, 0.5) is 0 Å². The minimum absolute atomic E-state index is 0.0415.